The van der Waals surface area contributed by atoms with Gasteiger partial charge in [-0.3, -0.25) is 4.79 Å². The van der Waals surface area contributed by atoms with Crippen LogP contribution in [0.2, 0.25) is 0 Å². The first-order valence-corrected chi connectivity index (χ1v) is 7.92. The summed E-state index contributed by atoms with van der Waals surface area (Å²) in [4.78, 5) is 20.3. The van der Waals surface area contributed by atoms with Crippen molar-refractivity contribution in [2.24, 2.45) is 0 Å². The number of carbonyl (C=O) groups is 1. The number of rotatable bonds is 4. The zero-order valence-corrected chi connectivity index (χ0v) is 13.5. The quantitative estimate of drug-likeness (QED) is 0.780. The summed E-state index contributed by atoms with van der Waals surface area (Å²) in [5.74, 6) is 0.653. The molecule has 3 rings (SSSR count). The van der Waals surface area contributed by atoms with Crippen LogP contribution in [-0.2, 0) is 4.74 Å². The molecular formula is C16H15BrN2O3. The normalized spacial score (nSPS) is 18.0. The van der Waals surface area contributed by atoms with Gasteiger partial charge < -0.3 is 9.47 Å². The van der Waals surface area contributed by atoms with Crippen LogP contribution in [0.15, 0.2) is 41.1 Å². The number of hydrogen-bond donors (Lipinski definition) is 0. The first kappa shape index (κ1) is 15.1. The Morgan fingerprint density at radius 2 is 1.91 bits per heavy atom. The molecule has 1 unspecified atom stereocenters. The van der Waals surface area contributed by atoms with E-state index in [1.54, 1.807) is 36.7 Å². The van der Waals surface area contributed by atoms with Gasteiger partial charge in [-0.25, -0.2) is 9.97 Å². The predicted molar refractivity (Wildman–Crippen MR) is 83.8 cm³/mol. The highest BCUT2D eigenvalue weighted by molar-refractivity contribution is 9.10. The van der Waals surface area contributed by atoms with Crippen molar-refractivity contribution >= 4 is 21.7 Å². The van der Waals surface area contributed by atoms with E-state index in [1.165, 1.54) is 0 Å². The Morgan fingerprint density at radius 3 is 2.55 bits per heavy atom. The molecule has 114 valence electrons. The summed E-state index contributed by atoms with van der Waals surface area (Å²) in [6.45, 7) is 0.738. The molecule has 0 amide bonds. The highest BCUT2D eigenvalue weighted by Gasteiger charge is 2.16. The molecule has 0 radical (unpaired) electrons. The van der Waals surface area contributed by atoms with E-state index in [9.17, 15) is 4.79 Å². The fraction of sp³-hybridized carbons (Fsp3) is 0.312. The van der Waals surface area contributed by atoms with E-state index >= 15 is 0 Å². The van der Waals surface area contributed by atoms with E-state index < -0.39 is 0 Å². The van der Waals surface area contributed by atoms with E-state index in [4.69, 9.17) is 9.47 Å². The Kier molecular flexibility index (Phi) is 4.80. The summed E-state index contributed by atoms with van der Waals surface area (Å²) in [5.41, 5.74) is 0.527. The molecule has 5 nitrogen and oxygen atoms in total. The molecule has 2 heterocycles. The van der Waals surface area contributed by atoms with Crippen molar-refractivity contribution in [2.45, 2.75) is 25.6 Å². The van der Waals surface area contributed by atoms with Crippen LogP contribution in [0, 0.1) is 0 Å². The van der Waals surface area contributed by atoms with Crippen molar-refractivity contribution in [2.75, 3.05) is 6.61 Å². The van der Waals surface area contributed by atoms with Gasteiger partial charge in [0, 0.05) is 24.4 Å². The maximum atomic E-state index is 12.3. The summed E-state index contributed by atoms with van der Waals surface area (Å²) < 4.78 is 12.0. The molecule has 1 aliphatic heterocycles. The van der Waals surface area contributed by atoms with E-state index in [0.29, 0.717) is 11.3 Å². The smallest absolute Gasteiger partial charge is 0.230 e. The average Bonchev–Trinajstić information content (AvgIpc) is 2.57. The Morgan fingerprint density at radius 1 is 1.18 bits per heavy atom. The zero-order chi connectivity index (χ0) is 15.4. The number of carbonyl (C=O) groups excluding carboxylic acids is 1. The molecule has 0 bridgehead atoms. The van der Waals surface area contributed by atoms with Crippen molar-refractivity contribution in [3.05, 3.63) is 52.5 Å². The largest absolute Gasteiger partial charge is 0.465 e. The van der Waals surface area contributed by atoms with Crippen molar-refractivity contribution in [1.82, 2.24) is 9.97 Å². The number of ether oxygens (including phenoxy) is 2. The molecule has 2 aromatic rings. The van der Waals surface area contributed by atoms with E-state index in [-0.39, 0.29) is 17.9 Å². The van der Waals surface area contributed by atoms with Crippen molar-refractivity contribution in [1.29, 1.82) is 0 Å². The average molecular weight is 363 g/mol. The summed E-state index contributed by atoms with van der Waals surface area (Å²) >= 11 is 3.24. The van der Waals surface area contributed by atoms with Crippen molar-refractivity contribution in [3.63, 3.8) is 0 Å². The molecule has 1 aromatic heterocycles. The number of benzene rings is 1. The minimum atomic E-state index is -0.215. The SMILES string of the molecule is O=C(c1ccc(OC2CCCCO2)cc1)c1ncc(Br)cn1. The third-order valence-corrected chi connectivity index (χ3v) is 3.75. The van der Waals surface area contributed by atoms with Gasteiger partial charge in [-0.15, -0.1) is 0 Å². The van der Waals surface area contributed by atoms with Gasteiger partial charge in [-0.05, 0) is 53.0 Å². The topological polar surface area (TPSA) is 61.3 Å². The van der Waals surface area contributed by atoms with Crippen molar-refractivity contribution < 1.29 is 14.3 Å². The molecule has 1 aromatic carbocycles. The summed E-state index contributed by atoms with van der Waals surface area (Å²) in [6.07, 6.45) is 6.01. The Balaban J connectivity index is 1.68. The fourth-order valence-corrected chi connectivity index (χ4v) is 2.40. The lowest BCUT2D eigenvalue weighted by atomic mass is 10.1. The Bertz CT molecular complexity index is 637. The van der Waals surface area contributed by atoms with Gasteiger partial charge in [-0.2, -0.15) is 0 Å². The van der Waals surface area contributed by atoms with Crippen LogP contribution in [-0.4, -0.2) is 28.6 Å². The molecule has 0 aliphatic carbocycles. The van der Waals surface area contributed by atoms with Crippen LogP contribution in [0.3, 0.4) is 0 Å². The van der Waals surface area contributed by atoms with Gasteiger partial charge in [0.1, 0.15) is 5.75 Å². The third kappa shape index (κ3) is 3.69. The lowest BCUT2D eigenvalue weighted by Crippen LogP contribution is -2.24. The Labute approximate surface area is 136 Å². The van der Waals surface area contributed by atoms with Gasteiger partial charge >= 0.3 is 0 Å². The van der Waals surface area contributed by atoms with E-state index in [0.717, 1.165) is 30.3 Å². The second-order valence-corrected chi connectivity index (χ2v) is 5.91. The van der Waals surface area contributed by atoms with Gasteiger partial charge in [0.2, 0.25) is 11.6 Å². The molecule has 6 heteroatoms. The third-order valence-electron chi connectivity index (χ3n) is 3.35. The molecular weight excluding hydrogens is 348 g/mol. The van der Waals surface area contributed by atoms with E-state index in [1.807, 2.05) is 0 Å². The molecule has 1 saturated heterocycles. The first-order valence-electron chi connectivity index (χ1n) is 7.13. The van der Waals surface area contributed by atoms with Gasteiger partial charge in [0.05, 0.1) is 11.1 Å². The number of ketones is 1. The molecule has 0 saturated carbocycles. The summed E-state index contributed by atoms with van der Waals surface area (Å²) in [7, 11) is 0. The number of aromatic nitrogens is 2. The molecule has 0 N–H and O–H groups in total. The number of halogens is 1. The maximum Gasteiger partial charge on any atom is 0.230 e. The summed E-state index contributed by atoms with van der Waals surface area (Å²) in [5, 5.41) is 0. The van der Waals surface area contributed by atoms with Gasteiger partial charge in [0.25, 0.3) is 0 Å². The molecule has 1 fully saturated rings. The van der Waals surface area contributed by atoms with Crippen LogP contribution < -0.4 is 4.74 Å². The lowest BCUT2D eigenvalue weighted by Gasteiger charge is -2.23. The summed E-state index contributed by atoms with van der Waals surface area (Å²) in [6, 6.07) is 6.96. The standard InChI is InChI=1S/C16H15BrN2O3/c17-12-9-18-16(19-10-12)15(20)11-4-6-13(7-5-11)22-14-3-1-2-8-21-14/h4-7,9-10,14H,1-3,8H2. The van der Waals surface area contributed by atoms with Gasteiger partial charge in [0.15, 0.2) is 6.29 Å². The van der Waals surface area contributed by atoms with Crippen LogP contribution in [0.1, 0.15) is 35.4 Å². The minimum absolute atomic E-state index is 0.174. The molecule has 1 aliphatic rings. The molecule has 1 atom stereocenters. The minimum Gasteiger partial charge on any atom is -0.465 e. The van der Waals surface area contributed by atoms with Crippen LogP contribution in [0.25, 0.3) is 0 Å². The monoisotopic (exact) mass is 362 g/mol. The molecule has 22 heavy (non-hydrogen) atoms. The lowest BCUT2D eigenvalue weighted by molar-refractivity contribution is -0.105. The second kappa shape index (κ2) is 6.98. The Hall–Kier alpha value is -1.79. The van der Waals surface area contributed by atoms with Gasteiger partial charge in [-0.1, -0.05) is 0 Å². The van der Waals surface area contributed by atoms with E-state index in [2.05, 4.69) is 25.9 Å². The van der Waals surface area contributed by atoms with Crippen molar-refractivity contribution in [3.8, 4) is 5.75 Å². The maximum absolute atomic E-state index is 12.3. The van der Waals surface area contributed by atoms with Crippen LogP contribution in [0.5, 0.6) is 5.75 Å². The highest BCUT2D eigenvalue weighted by atomic mass is 79.9. The highest BCUT2D eigenvalue weighted by Crippen LogP contribution is 2.20. The fourth-order valence-electron chi connectivity index (χ4n) is 2.20. The van der Waals surface area contributed by atoms with Crippen LogP contribution >= 0.6 is 15.9 Å². The predicted octanol–water partition coefficient (Wildman–Crippen LogP) is 3.38. The van der Waals surface area contributed by atoms with Crippen LogP contribution in [0.4, 0.5) is 0 Å². The number of hydrogen-bond acceptors (Lipinski definition) is 5. The first-order chi connectivity index (χ1) is 10.7. The zero-order valence-electron chi connectivity index (χ0n) is 11.9. The second-order valence-electron chi connectivity index (χ2n) is 4.99. The molecule has 0 spiro atoms. The number of nitrogens with zero attached hydrogens (tertiary/aromatic N) is 2.